The SMILES string of the molecule is CSC(=O)CI. The molecule has 0 aromatic carbocycles. The summed E-state index contributed by atoms with van der Waals surface area (Å²) in [5, 5.41) is 0.246. The Kier molecular flexibility index (Phi) is 4.41. The number of alkyl halides is 1. The van der Waals surface area contributed by atoms with E-state index < -0.39 is 0 Å². The average molecular weight is 216 g/mol. The van der Waals surface area contributed by atoms with Gasteiger partial charge in [-0.2, -0.15) is 0 Å². The monoisotopic (exact) mass is 216 g/mol. The van der Waals surface area contributed by atoms with E-state index in [4.69, 9.17) is 0 Å². The molecule has 36 valence electrons. The highest BCUT2D eigenvalue weighted by Gasteiger charge is 1.89. The molecular weight excluding hydrogens is 211 g/mol. The zero-order chi connectivity index (χ0) is 4.99. The molecule has 0 unspecified atom stereocenters. The van der Waals surface area contributed by atoms with E-state index in [1.165, 1.54) is 11.8 Å². The molecule has 0 fully saturated rings. The fourth-order valence-electron chi connectivity index (χ4n) is 0.0546. The van der Waals surface area contributed by atoms with Gasteiger partial charge in [-0.3, -0.25) is 4.79 Å². The van der Waals surface area contributed by atoms with Crippen LogP contribution in [-0.2, 0) is 4.79 Å². The summed E-state index contributed by atoms with van der Waals surface area (Å²) in [5.74, 6) is 0. The van der Waals surface area contributed by atoms with Gasteiger partial charge >= 0.3 is 0 Å². The lowest BCUT2D eigenvalue weighted by molar-refractivity contribution is -0.108. The van der Waals surface area contributed by atoms with Crippen molar-refractivity contribution in [1.29, 1.82) is 0 Å². The van der Waals surface area contributed by atoms with E-state index in [-0.39, 0.29) is 5.12 Å². The van der Waals surface area contributed by atoms with Crippen LogP contribution in [0.25, 0.3) is 0 Å². The zero-order valence-electron chi connectivity index (χ0n) is 3.40. The minimum Gasteiger partial charge on any atom is -0.286 e. The third kappa shape index (κ3) is 2.96. The van der Waals surface area contributed by atoms with Crippen molar-refractivity contribution >= 4 is 39.5 Å². The second-order valence-corrected chi connectivity index (χ2v) is 2.34. The summed E-state index contributed by atoms with van der Waals surface area (Å²) in [7, 11) is 0. The number of carbonyl (C=O) groups excluding carboxylic acids is 1. The fourth-order valence-corrected chi connectivity index (χ4v) is 1.10. The molecule has 0 atom stereocenters. The third-order valence-electron chi connectivity index (χ3n) is 0.337. The predicted molar refractivity (Wildman–Crippen MR) is 37.4 cm³/mol. The van der Waals surface area contributed by atoms with Gasteiger partial charge < -0.3 is 0 Å². The first kappa shape index (κ1) is 6.75. The van der Waals surface area contributed by atoms with E-state index >= 15 is 0 Å². The zero-order valence-corrected chi connectivity index (χ0v) is 6.38. The van der Waals surface area contributed by atoms with Gasteiger partial charge in [-0.15, -0.1) is 0 Å². The minimum absolute atomic E-state index is 0.246. The number of rotatable bonds is 1. The predicted octanol–water partition coefficient (Wildman–Crippen LogP) is 1.31. The van der Waals surface area contributed by atoms with Gasteiger partial charge in [0.25, 0.3) is 0 Å². The summed E-state index contributed by atoms with van der Waals surface area (Å²) >= 11 is 3.32. The quantitative estimate of drug-likeness (QED) is 0.485. The van der Waals surface area contributed by atoms with Crippen LogP contribution in [0.4, 0.5) is 0 Å². The van der Waals surface area contributed by atoms with Gasteiger partial charge in [0.15, 0.2) is 5.12 Å². The molecule has 0 amide bonds. The van der Waals surface area contributed by atoms with Crippen LogP contribution < -0.4 is 0 Å². The standard InChI is InChI=1S/C3H5IOS/c1-6-3(5)2-4/h2H2,1H3. The lowest BCUT2D eigenvalue weighted by Crippen LogP contribution is -1.86. The summed E-state index contributed by atoms with van der Waals surface area (Å²) in [6.07, 6.45) is 1.79. The van der Waals surface area contributed by atoms with Crippen molar-refractivity contribution < 1.29 is 4.79 Å². The topological polar surface area (TPSA) is 17.1 Å². The Morgan fingerprint density at radius 2 is 2.50 bits per heavy atom. The first-order valence-corrected chi connectivity index (χ1v) is 4.19. The highest BCUT2D eigenvalue weighted by molar-refractivity contribution is 14.1. The van der Waals surface area contributed by atoms with Crippen molar-refractivity contribution in [3.8, 4) is 0 Å². The first-order valence-electron chi connectivity index (χ1n) is 1.44. The van der Waals surface area contributed by atoms with Crippen LogP contribution in [-0.4, -0.2) is 15.8 Å². The summed E-state index contributed by atoms with van der Waals surface area (Å²) in [4.78, 5) is 10.1. The molecule has 0 spiro atoms. The molecule has 6 heavy (non-hydrogen) atoms. The number of carbonyl (C=O) groups is 1. The van der Waals surface area contributed by atoms with Crippen molar-refractivity contribution in [2.24, 2.45) is 0 Å². The van der Waals surface area contributed by atoms with E-state index in [0.717, 1.165) is 0 Å². The number of hydrogen-bond donors (Lipinski definition) is 0. The molecule has 0 rings (SSSR count). The molecule has 1 nitrogen and oxygen atoms in total. The van der Waals surface area contributed by atoms with Gasteiger partial charge in [-0.25, -0.2) is 0 Å². The molecule has 0 aliphatic heterocycles. The maximum atomic E-state index is 10.1. The van der Waals surface area contributed by atoms with Crippen molar-refractivity contribution in [3.05, 3.63) is 0 Å². The summed E-state index contributed by atoms with van der Waals surface area (Å²) in [5.41, 5.74) is 0. The van der Waals surface area contributed by atoms with Gasteiger partial charge in [-0.05, 0) is 6.26 Å². The maximum Gasteiger partial charge on any atom is 0.198 e. The highest BCUT2D eigenvalue weighted by Crippen LogP contribution is 1.96. The normalized spacial score (nSPS) is 8.33. The van der Waals surface area contributed by atoms with Crippen LogP contribution in [0, 0.1) is 0 Å². The molecule has 0 heterocycles. The van der Waals surface area contributed by atoms with Crippen molar-refractivity contribution in [2.45, 2.75) is 0 Å². The van der Waals surface area contributed by atoms with Crippen molar-refractivity contribution in [1.82, 2.24) is 0 Å². The largest absolute Gasteiger partial charge is 0.286 e. The number of hydrogen-bond acceptors (Lipinski definition) is 2. The van der Waals surface area contributed by atoms with Crippen LogP contribution in [0.2, 0.25) is 0 Å². The summed E-state index contributed by atoms with van der Waals surface area (Å²) < 4.78 is 0.624. The first-order chi connectivity index (χ1) is 2.81. The number of halogens is 1. The van der Waals surface area contributed by atoms with Gasteiger partial charge in [0.2, 0.25) is 0 Å². The average Bonchev–Trinajstić information content (AvgIpc) is 1.65. The lowest BCUT2D eigenvalue weighted by atomic mass is 10.9. The van der Waals surface area contributed by atoms with Crippen LogP contribution in [0.3, 0.4) is 0 Å². The fraction of sp³-hybridized carbons (Fsp3) is 0.667. The van der Waals surface area contributed by atoms with Crippen LogP contribution in [0.15, 0.2) is 0 Å². The summed E-state index contributed by atoms with van der Waals surface area (Å²) in [6, 6.07) is 0. The van der Waals surface area contributed by atoms with E-state index in [2.05, 4.69) is 0 Å². The Morgan fingerprint density at radius 3 is 2.50 bits per heavy atom. The second-order valence-electron chi connectivity index (χ2n) is 0.710. The van der Waals surface area contributed by atoms with E-state index in [0.29, 0.717) is 4.43 Å². The van der Waals surface area contributed by atoms with Crippen molar-refractivity contribution in [3.63, 3.8) is 0 Å². The Morgan fingerprint density at radius 1 is 2.00 bits per heavy atom. The van der Waals surface area contributed by atoms with Gasteiger partial charge in [0.05, 0.1) is 4.43 Å². The number of thioether (sulfide) groups is 1. The van der Waals surface area contributed by atoms with E-state index in [1.807, 2.05) is 22.6 Å². The maximum absolute atomic E-state index is 10.1. The minimum atomic E-state index is 0.246. The van der Waals surface area contributed by atoms with Gasteiger partial charge in [0.1, 0.15) is 0 Å². The molecule has 0 aromatic heterocycles. The van der Waals surface area contributed by atoms with Gasteiger partial charge in [0, 0.05) is 0 Å². The Balaban J connectivity index is 2.99. The molecule has 0 aliphatic carbocycles. The van der Waals surface area contributed by atoms with Gasteiger partial charge in [-0.1, -0.05) is 34.4 Å². The van der Waals surface area contributed by atoms with Crippen molar-refractivity contribution in [2.75, 3.05) is 10.7 Å². The Labute approximate surface area is 55.0 Å². The summed E-state index contributed by atoms with van der Waals surface area (Å²) in [6.45, 7) is 0. The molecule has 0 saturated carbocycles. The van der Waals surface area contributed by atoms with E-state index in [1.54, 1.807) is 6.26 Å². The molecule has 0 aliphatic rings. The molecule has 3 heteroatoms. The third-order valence-corrected chi connectivity index (χ3v) is 2.15. The molecule has 0 radical (unpaired) electrons. The second kappa shape index (κ2) is 3.92. The highest BCUT2D eigenvalue weighted by atomic mass is 127. The lowest BCUT2D eigenvalue weighted by Gasteiger charge is -1.79. The van der Waals surface area contributed by atoms with E-state index in [9.17, 15) is 4.79 Å². The molecule has 0 bridgehead atoms. The molecular formula is C3H5IOS. The van der Waals surface area contributed by atoms with Crippen LogP contribution in [0.1, 0.15) is 0 Å². The Hall–Kier alpha value is 0.750. The van der Waals surface area contributed by atoms with Crippen LogP contribution in [0.5, 0.6) is 0 Å². The molecule has 0 saturated heterocycles. The smallest absolute Gasteiger partial charge is 0.198 e. The van der Waals surface area contributed by atoms with Crippen LogP contribution >= 0.6 is 34.4 Å². The molecule has 0 N–H and O–H groups in total. The molecule has 0 aromatic rings. The Bertz CT molecular complexity index is 48.8.